The molecule has 3 rings (SSSR count). The molecule has 0 bridgehead atoms. The van der Waals surface area contributed by atoms with Crippen LogP contribution in [-0.4, -0.2) is 29.0 Å². The number of aryl methyl sites for hydroxylation is 1. The Morgan fingerprint density at radius 3 is 3.13 bits per heavy atom. The van der Waals surface area contributed by atoms with Gasteiger partial charge in [-0.15, -0.1) is 11.8 Å². The molecule has 4 nitrogen and oxygen atoms in total. The number of hydrogen-bond acceptors (Lipinski definition) is 5. The smallest absolute Gasteiger partial charge is 0.268 e. The minimum Gasteiger partial charge on any atom is -0.383 e. The third-order valence-electron chi connectivity index (χ3n) is 3.52. The van der Waals surface area contributed by atoms with Crippen LogP contribution in [0.2, 0.25) is 0 Å². The van der Waals surface area contributed by atoms with E-state index in [9.17, 15) is 9.18 Å². The fraction of sp³-hybridized carbons (Fsp3) is 0.375. The Bertz CT molecular complexity index is 764. The first-order valence-corrected chi connectivity index (χ1v) is 9.29. The van der Waals surface area contributed by atoms with Crippen LogP contribution >= 0.6 is 23.5 Å². The number of aromatic nitrogens is 2. The predicted octanol–water partition coefficient (Wildman–Crippen LogP) is 2.97. The molecule has 1 aliphatic rings. The second-order valence-electron chi connectivity index (χ2n) is 5.14. The molecule has 2 aromatic rings. The first kappa shape index (κ1) is 16.5. The van der Waals surface area contributed by atoms with E-state index in [2.05, 4.69) is 4.98 Å². The van der Waals surface area contributed by atoms with E-state index in [0.717, 1.165) is 28.3 Å². The van der Waals surface area contributed by atoms with Gasteiger partial charge in [0, 0.05) is 25.0 Å². The van der Waals surface area contributed by atoms with E-state index in [1.165, 1.54) is 23.9 Å². The zero-order valence-corrected chi connectivity index (χ0v) is 14.4. The van der Waals surface area contributed by atoms with Gasteiger partial charge in [0.05, 0.1) is 23.7 Å². The standard InChI is InChI=1S/C16H17FN2O2S2/c1-21-7-6-19-15(20)14-13(5-8-22-14)18-16(19)23-10-11-3-2-4-12(17)9-11/h2-4,9H,5-8,10H2,1H3. The van der Waals surface area contributed by atoms with Gasteiger partial charge in [0.1, 0.15) is 5.82 Å². The molecule has 0 amide bonds. The molecule has 0 atom stereocenters. The van der Waals surface area contributed by atoms with E-state index in [4.69, 9.17) is 4.74 Å². The lowest BCUT2D eigenvalue weighted by Gasteiger charge is -2.13. The van der Waals surface area contributed by atoms with E-state index in [1.54, 1.807) is 29.5 Å². The number of rotatable bonds is 6. The molecule has 1 aromatic carbocycles. The molecule has 0 unspecified atom stereocenters. The molecule has 1 aliphatic heterocycles. The summed E-state index contributed by atoms with van der Waals surface area (Å²) < 4.78 is 20.1. The molecule has 0 radical (unpaired) electrons. The second-order valence-corrected chi connectivity index (χ2v) is 7.18. The van der Waals surface area contributed by atoms with Crippen LogP contribution in [0, 0.1) is 5.82 Å². The second kappa shape index (κ2) is 7.51. The summed E-state index contributed by atoms with van der Waals surface area (Å²) >= 11 is 3.03. The largest absolute Gasteiger partial charge is 0.383 e. The quantitative estimate of drug-likeness (QED) is 0.591. The van der Waals surface area contributed by atoms with Gasteiger partial charge in [0.15, 0.2) is 5.16 Å². The maximum absolute atomic E-state index is 13.3. The highest BCUT2D eigenvalue weighted by atomic mass is 32.2. The number of benzene rings is 1. The van der Waals surface area contributed by atoms with Gasteiger partial charge in [0.2, 0.25) is 0 Å². The van der Waals surface area contributed by atoms with Crippen molar-refractivity contribution in [1.82, 2.24) is 9.55 Å². The van der Waals surface area contributed by atoms with E-state index >= 15 is 0 Å². The van der Waals surface area contributed by atoms with Crippen LogP contribution in [0.25, 0.3) is 0 Å². The van der Waals surface area contributed by atoms with Crippen LogP contribution in [0.3, 0.4) is 0 Å². The van der Waals surface area contributed by atoms with Crippen LogP contribution in [0.5, 0.6) is 0 Å². The summed E-state index contributed by atoms with van der Waals surface area (Å²) in [4.78, 5) is 18.0. The van der Waals surface area contributed by atoms with Crippen LogP contribution in [0.4, 0.5) is 4.39 Å². The molecular weight excluding hydrogens is 335 g/mol. The van der Waals surface area contributed by atoms with E-state index < -0.39 is 0 Å². The molecule has 0 saturated carbocycles. The monoisotopic (exact) mass is 352 g/mol. The number of methoxy groups -OCH3 is 1. The normalized spacial score (nSPS) is 13.3. The topological polar surface area (TPSA) is 44.1 Å². The molecule has 0 saturated heterocycles. The van der Waals surface area contributed by atoms with E-state index in [1.807, 2.05) is 6.07 Å². The average Bonchev–Trinajstić information content (AvgIpc) is 3.01. The fourth-order valence-electron chi connectivity index (χ4n) is 2.39. The van der Waals surface area contributed by atoms with Crippen LogP contribution in [-0.2, 0) is 23.5 Å². The van der Waals surface area contributed by atoms with Gasteiger partial charge >= 0.3 is 0 Å². The lowest BCUT2D eigenvalue weighted by atomic mass is 10.2. The number of hydrogen-bond donors (Lipinski definition) is 0. The summed E-state index contributed by atoms with van der Waals surface area (Å²) in [7, 11) is 1.61. The molecule has 2 heterocycles. The Morgan fingerprint density at radius 2 is 2.35 bits per heavy atom. The van der Waals surface area contributed by atoms with Gasteiger partial charge < -0.3 is 4.74 Å². The molecule has 0 aliphatic carbocycles. The highest BCUT2D eigenvalue weighted by Gasteiger charge is 2.21. The molecule has 7 heteroatoms. The van der Waals surface area contributed by atoms with Gasteiger partial charge in [-0.3, -0.25) is 9.36 Å². The fourth-order valence-corrected chi connectivity index (χ4v) is 4.42. The molecule has 1 aromatic heterocycles. The number of nitrogens with zero attached hydrogens (tertiary/aromatic N) is 2. The summed E-state index contributed by atoms with van der Waals surface area (Å²) in [5.74, 6) is 1.22. The average molecular weight is 352 g/mol. The van der Waals surface area contributed by atoms with Crippen LogP contribution < -0.4 is 5.56 Å². The van der Waals surface area contributed by atoms with Crippen molar-refractivity contribution in [2.75, 3.05) is 19.5 Å². The van der Waals surface area contributed by atoms with Crippen molar-refractivity contribution in [3.8, 4) is 0 Å². The molecule has 0 N–H and O–H groups in total. The lowest BCUT2D eigenvalue weighted by molar-refractivity contribution is 0.182. The molecule has 0 fully saturated rings. The number of ether oxygens (including phenoxy) is 1. The van der Waals surface area contributed by atoms with E-state index in [0.29, 0.717) is 24.1 Å². The highest BCUT2D eigenvalue weighted by molar-refractivity contribution is 7.99. The Hall–Kier alpha value is -1.31. The molecule has 122 valence electrons. The van der Waals surface area contributed by atoms with Crippen molar-refractivity contribution in [3.63, 3.8) is 0 Å². The van der Waals surface area contributed by atoms with Gasteiger partial charge in [-0.2, -0.15) is 0 Å². The summed E-state index contributed by atoms with van der Waals surface area (Å²) in [5.41, 5.74) is 1.77. The SMILES string of the molecule is COCCn1c(SCc2cccc(F)c2)nc2c(c1=O)SCC2. The Labute approximate surface area is 142 Å². The number of fused-ring (bicyclic) bond motifs is 1. The summed E-state index contributed by atoms with van der Waals surface area (Å²) in [6, 6.07) is 6.49. The van der Waals surface area contributed by atoms with Crippen LogP contribution in [0.1, 0.15) is 11.3 Å². The summed E-state index contributed by atoms with van der Waals surface area (Å²) in [5, 5.41) is 0.678. The molecule has 0 spiro atoms. The van der Waals surface area contributed by atoms with Gasteiger partial charge in [-0.25, -0.2) is 9.37 Å². The third kappa shape index (κ3) is 3.79. The zero-order chi connectivity index (χ0) is 16.2. The number of thioether (sulfide) groups is 2. The lowest BCUT2D eigenvalue weighted by Crippen LogP contribution is -2.27. The van der Waals surface area contributed by atoms with Gasteiger partial charge in [-0.1, -0.05) is 23.9 Å². The van der Waals surface area contributed by atoms with Gasteiger partial charge in [0.25, 0.3) is 5.56 Å². The number of halogens is 1. The maximum atomic E-state index is 13.3. The predicted molar refractivity (Wildman–Crippen MR) is 90.8 cm³/mol. The van der Waals surface area contributed by atoms with E-state index in [-0.39, 0.29) is 11.4 Å². The minimum atomic E-state index is -0.252. The Morgan fingerprint density at radius 1 is 1.48 bits per heavy atom. The first-order chi connectivity index (χ1) is 11.2. The zero-order valence-electron chi connectivity index (χ0n) is 12.8. The van der Waals surface area contributed by atoms with Crippen molar-refractivity contribution >= 4 is 23.5 Å². The Kier molecular flexibility index (Phi) is 5.40. The van der Waals surface area contributed by atoms with Crippen molar-refractivity contribution in [3.05, 3.63) is 51.7 Å². The maximum Gasteiger partial charge on any atom is 0.268 e. The highest BCUT2D eigenvalue weighted by Crippen LogP contribution is 2.29. The summed E-state index contributed by atoms with van der Waals surface area (Å²) in [6.07, 6.45) is 0.827. The minimum absolute atomic E-state index is 0.0105. The van der Waals surface area contributed by atoms with Crippen molar-refractivity contribution in [2.45, 2.75) is 28.8 Å². The Balaban J connectivity index is 1.87. The molecular formula is C16H17FN2O2S2. The van der Waals surface area contributed by atoms with Gasteiger partial charge in [-0.05, 0) is 17.7 Å². The van der Waals surface area contributed by atoms with Crippen molar-refractivity contribution in [1.29, 1.82) is 0 Å². The van der Waals surface area contributed by atoms with Crippen molar-refractivity contribution in [2.24, 2.45) is 0 Å². The third-order valence-corrected chi connectivity index (χ3v) is 5.68. The van der Waals surface area contributed by atoms with Crippen molar-refractivity contribution < 1.29 is 9.13 Å². The summed E-state index contributed by atoms with van der Waals surface area (Å²) in [6.45, 7) is 0.931. The van der Waals surface area contributed by atoms with Crippen LogP contribution in [0.15, 0.2) is 39.1 Å². The first-order valence-electron chi connectivity index (χ1n) is 7.31. The molecule has 23 heavy (non-hydrogen) atoms.